The number of carbonyl (C=O) groups excluding carboxylic acids is 1. The molecule has 2 N–H and O–H groups in total. The van der Waals surface area contributed by atoms with Crippen LogP contribution in [0.1, 0.15) is 24.4 Å². The van der Waals surface area contributed by atoms with E-state index < -0.39 is 17.5 Å². The number of hydrogen-bond acceptors (Lipinski definition) is 4. The Hall–Kier alpha value is -1.61. The Morgan fingerprint density at radius 1 is 1.48 bits per heavy atom. The SMILES string of the molecule is COC1(CN)CC(C(=O)N2CCn3cc(C(F)(F)F)nc3C2)C1. The lowest BCUT2D eigenvalue weighted by Gasteiger charge is -2.46. The number of aromatic nitrogens is 2. The Balaban J connectivity index is 1.66. The molecule has 1 aliphatic heterocycles. The molecule has 23 heavy (non-hydrogen) atoms. The third-order valence-corrected chi connectivity index (χ3v) is 4.80. The maximum Gasteiger partial charge on any atom is 0.434 e. The fourth-order valence-electron chi connectivity index (χ4n) is 3.26. The molecule has 1 fully saturated rings. The fraction of sp³-hybridized carbons (Fsp3) is 0.714. The van der Waals surface area contributed by atoms with Crippen LogP contribution < -0.4 is 5.73 Å². The highest BCUT2D eigenvalue weighted by molar-refractivity contribution is 5.80. The molecule has 0 spiro atoms. The lowest BCUT2D eigenvalue weighted by Crippen LogP contribution is -2.56. The van der Waals surface area contributed by atoms with Gasteiger partial charge in [-0.1, -0.05) is 0 Å². The summed E-state index contributed by atoms with van der Waals surface area (Å²) in [5.74, 6) is 0.0316. The molecule has 1 saturated carbocycles. The molecule has 0 saturated heterocycles. The molecule has 0 atom stereocenters. The van der Waals surface area contributed by atoms with Gasteiger partial charge < -0.3 is 19.9 Å². The number of ether oxygens (including phenoxy) is 1. The Bertz CT molecular complexity index is 602. The molecule has 128 valence electrons. The molecular weight excluding hydrogens is 313 g/mol. The lowest BCUT2D eigenvalue weighted by molar-refractivity contribution is -0.156. The third kappa shape index (κ3) is 2.83. The molecule has 3 rings (SSSR count). The number of halogens is 3. The lowest BCUT2D eigenvalue weighted by atomic mass is 9.70. The van der Waals surface area contributed by atoms with E-state index >= 15 is 0 Å². The topological polar surface area (TPSA) is 73.4 Å². The predicted octanol–water partition coefficient (Wildman–Crippen LogP) is 0.998. The summed E-state index contributed by atoms with van der Waals surface area (Å²) in [6, 6.07) is 0. The number of fused-ring (bicyclic) bond motifs is 1. The number of carbonyl (C=O) groups is 1. The van der Waals surface area contributed by atoms with Crippen molar-refractivity contribution in [3.63, 3.8) is 0 Å². The van der Waals surface area contributed by atoms with Crippen molar-refractivity contribution < 1.29 is 22.7 Å². The van der Waals surface area contributed by atoms with E-state index in [2.05, 4.69) is 4.98 Å². The van der Waals surface area contributed by atoms with E-state index in [-0.39, 0.29) is 24.2 Å². The van der Waals surface area contributed by atoms with Gasteiger partial charge in [0.05, 0.1) is 12.1 Å². The summed E-state index contributed by atoms with van der Waals surface area (Å²) in [6.45, 7) is 1.17. The van der Waals surface area contributed by atoms with Crippen molar-refractivity contribution >= 4 is 5.91 Å². The average molecular weight is 332 g/mol. The van der Waals surface area contributed by atoms with Crippen LogP contribution in [0.15, 0.2) is 6.20 Å². The largest absolute Gasteiger partial charge is 0.434 e. The first-order valence-corrected chi connectivity index (χ1v) is 7.45. The van der Waals surface area contributed by atoms with Gasteiger partial charge in [-0.2, -0.15) is 13.2 Å². The summed E-state index contributed by atoms with van der Waals surface area (Å²) in [5, 5.41) is 0. The average Bonchev–Trinajstić information content (AvgIpc) is 2.90. The smallest absolute Gasteiger partial charge is 0.377 e. The van der Waals surface area contributed by atoms with Crippen molar-refractivity contribution in [3.05, 3.63) is 17.7 Å². The van der Waals surface area contributed by atoms with Crippen molar-refractivity contribution in [2.45, 2.75) is 37.7 Å². The molecule has 9 heteroatoms. The van der Waals surface area contributed by atoms with E-state index in [0.717, 1.165) is 6.20 Å². The fourth-order valence-corrected chi connectivity index (χ4v) is 3.26. The van der Waals surface area contributed by atoms with E-state index in [1.807, 2.05) is 0 Å². The molecule has 0 unspecified atom stereocenters. The zero-order chi connectivity index (χ0) is 16.8. The van der Waals surface area contributed by atoms with Crippen LogP contribution in [0.2, 0.25) is 0 Å². The quantitative estimate of drug-likeness (QED) is 0.896. The van der Waals surface area contributed by atoms with Crippen LogP contribution >= 0.6 is 0 Å². The van der Waals surface area contributed by atoms with Crippen LogP contribution in [-0.2, 0) is 28.8 Å². The molecular formula is C14H19F3N4O2. The van der Waals surface area contributed by atoms with Gasteiger partial charge in [0.1, 0.15) is 5.82 Å². The Labute approximate surface area is 131 Å². The summed E-state index contributed by atoms with van der Waals surface area (Å²) in [5.41, 5.74) is 4.31. The molecule has 1 aromatic heterocycles. The second kappa shape index (κ2) is 5.48. The zero-order valence-electron chi connectivity index (χ0n) is 12.8. The Morgan fingerprint density at radius 2 is 2.17 bits per heavy atom. The number of amides is 1. The molecule has 2 heterocycles. The minimum atomic E-state index is -4.47. The van der Waals surface area contributed by atoms with Gasteiger partial charge in [0, 0.05) is 38.9 Å². The Kier molecular flexibility index (Phi) is 3.88. The van der Waals surface area contributed by atoms with Crippen molar-refractivity contribution in [2.24, 2.45) is 11.7 Å². The van der Waals surface area contributed by atoms with Gasteiger partial charge in [0.15, 0.2) is 5.69 Å². The van der Waals surface area contributed by atoms with E-state index in [9.17, 15) is 18.0 Å². The van der Waals surface area contributed by atoms with Crippen LogP contribution in [-0.4, -0.2) is 46.2 Å². The maximum absolute atomic E-state index is 12.7. The van der Waals surface area contributed by atoms with E-state index in [0.29, 0.717) is 32.5 Å². The van der Waals surface area contributed by atoms with E-state index in [4.69, 9.17) is 10.5 Å². The first kappa shape index (κ1) is 16.3. The van der Waals surface area contributed by atoms with Crippen LogP contribution in [0.25, 0.3) is 0 Å². The number of rotatable bonds is 3. The molecule has 6 nitrogen and oxygen atoms in total. The van der Waals surface area contributed by atoms with Crippen molar-refractivity contribution in [1.82, 2.24) is 14.5 Å². The molecule has 0 bridgehead atoms. The zero-order valence-corrected chi connectivity index (χ0v) is 12.8. The number of imidazole rings is 1. The van der Waals surface area contributed by atoms with Crippen LogP contribution in [0.3, 0.4) is 0 Å². The summed E-state index contributed by atoms with van der Waals surface area (Å²) in [6.07, 6.45) is -2.35. The van der Waals surface area contributed by atoms with Gasteiger partial charge in [-0.05, 0) is 12.8 Å². The second-order valence-electron chi connectivity index (χ2n) is 6.19. The van der Waals surface area contributed by atoms with Crippen molar-refractivity contribution in [1.29, 1.82) is 0 Å². The summed E-state index contributed by atoms with van der Waals surface area (Å²) in [4.78, 5) is 17.7. The highest BCUT2D eigenvalue weighted by Crippen LogP contribution is 2.41. The van der Waals surface area contributed by atoms with Crippen LogP contribution in [0.4, 0.5) is 13.2 Å². The minimum Gasteiger partial charge on any atom is -0.377 e. The van der Waals surface area contributed by atoms with Crippen molar-refractivity contribution in [2.75, 3.05) is 20.2 Å². The highest BCUT2D eigenvalue weighted by Gasteiger charge is 2.48. The highest BCUT2D eigenvalue weighted by atomic mass is 19.4. The molecule has 0 aromatic carbocycles. The molecule has 1 amide bonds. The number of alkyl halides is 3. The summed E-state index contributed by atoms with van der Waals surface area (Å²) in [7, 11) is 1.57. The first-order chi connectivity index (χ1) is 10.8. The molecule has 2 aliphatic rings. The van der Waals surface area contributed by atoms with E-state index in [1.54, 1.807) is 12.0 Å². The molecule has 1 aromatic rings. The number of nitrogens with two attached hydrogens (primary N) is 1. The number of methoxy groups -OCH3 is 1. The Morgan fingerprint density at radius 3 is 2.74 bits per heavy atom. The van der Waals surface area contributed by atoms with Gasteiger partial charge in [-0.15, -0.1) is 0 Å². The second-order valence-corrected chi connectivity index (χ2v) is 6.19. The summed E-state index contributed by atoms with van der Waals surface area (Å²) < 4.78 is 44.9. The standard InChI is InChI=1S/C14H19F3N4O2/c1-23-13(8-18)4-9(5-13)12(22)21-3-2-20-6-10(14(15,16)17)19-11(20)7-21/h6,9H,2-5,7-8,18H2,1H3. The first-order valence-electron chi connectivity index (χ1n) is 7.45. The summed E-state index contributed by atoms with van der Waals surface area (Å²) >= 11 is 0. The van der Waals surface area contributed by atoms with Gasteiger partial charge in [-0.25, -0.2) is 4.98 Å². The van der Waals surface area contributed by atoms with Crippen LogP contribution in [0.5, 0.6) is 0 Å². The van der Waals surface area contributed by atoms with Gasteiger partial charge in [0.25, 0.3) is 0 Å². The van der Waals surface area contributed by atoms with E-state index in [1.165, 1.54) is 4.57 Å². The number of hydrogen-bond donors (Lipinski definition) is 1. The molecule has 1 aliphatic carbocycles. The minimum absolute atomic E-state index is 0.0612. The normalized spacial score (nSPS) is 27.5. The van der Waals surface area contributed by atoms with Gasteiger partial charge >= 0.3 is 6.18 Å². The third-order valence-electron chi connectivity index (χ3n) is 4.80. The maximum atomic E-state index is 12.7. The van der Waals surface area contributed by atoms with Gasteiger partial charge in [-0.3, -0.25) is 4.79 Å². The van der Waals surface area contributed by atoms with Crippen molar-refractivity contribution in [3.8, 4) is 0 Å². The molecule has 0 radical (unpaired) electrons. The number of nitrogens with zero attached hydrogens (tertiary/aromatic N) is 3. The monoisotopic (exact) mass is 332 g/mol. The van der Waals surface area contributed by atoms with Gasteiger partial charge in [0.2, 0.25) is 5.91 Å². The van der Waals surface area contributed by atoms with Crippen LogP contribution in [0, 0.1) is 5.92 Å². The predicted molar refractivity (Wildman–Crippen MR) is 74.2 cm³/mol.